The zero-order chi connectivity index (χ0) is 15.4. The van der Waals surface area contributed by atoms with Gasteiger partial charge in [0.05, 0.1) is 0 Å². The molecule has 2 heterocycles. The van der Waals surface area contributed by atoms with E-state index < -0.39 is 0 Å². The minimum Gasteiger partial charge on any atom is -0.334 e. The van der Waals surface area contributed by atoms with Gasteiger partial charge in [0.1, 0.15) is 0 Å². The van der Waals surface area contributed by atoms with Crippen LogP contribution in [0.25, 0.3) is 11.5 Å². The monoisotopic (exact) mass is 300 g/mol. The second-order valence-electron chi connectivity index (χ2n) is 6.09. The Bertz CT molecular complexity index is 604. The first kappa shape index (κ1) is 15.2. The van der Waals surface area contributed by atoms with E-state index in [2.05, 4.69) is 45.5 Å². The Labute approximate surface area is 131 Å². The SMILES string of the molecule is CNC(C)Cc1noc(-c2cccc(CN3CCCC3)c2)n1. The van der Waals surface area contributed by atoms with E-state index in [0.717, 1.165) is 24.4 Å². The lowest BCUT2D eigenvalue weighted by molar-refractivity contribution is 0.331. The molecule has 2 aromatic rings. The molecule has 5 nitrogen and oxygen atoms in total. The molecule has 5 heteroatoms. The van der Waals surface area contributed by atoms with Crippen molar-refractivity contribution in [3.63, 3.8) is 0 Å². The Morgan fingerprint density at radius 2 is 2.14 bits per heavy atom. The summed E-state index contributed by atoms with van der Waals surface area (Å²) in [5.74, 6) is 1.36. The van der Waals surface area contributed by atoms with Gasteiger partial charge in [0, 0.05) is 24.6 Å². The molecular weight excluding hydrogens is 276 g/mol. The lowest BCUT2D eigenvalue weighted by Gasteiger charge is -2.14. The van der Waals surface area contributed by atoms with E-state index in [1.54, 1.807) is 0 Å². The van der Waals surface area contributed by atoms with Gasteiger partial charge in [0.15, 0.2) is 5.82 Å². The molecule has 1 saturated heterocycles. The molecule has 1 aliphatic heterocycles. The third kappa shape index (κ3) is 3.72. The molecule has 22 heavy (non-hydrogen) atoms. The summed E-state index contributed by atoms with van der Waals surface area (Å²) in [6, 6.07) is 8.78. The van der Waals surface area contributed by atoms with E-state index in [1.807, 2.05) is 13.1 Å². The van der Waals surface area contributed by atoms with Gasteiger partial charge < -0.3 is 9.84 Å². The van der Waals surface area contributed by atoms with Crippen LogP contribution in [0.1, 0.15) is 31.2 Å². The van der Waals surface area contributed by atoms with E-state index in [-0.39, 0.29) is 0 Å². The molecule has 118 valence electrons. The highest BCUT2D eigenvalue weighted by molar-refractivity contribution is 5.54. The highest BCUT2D eigenvalue weighted by Crippen LogP contribution is 2.21. The second-order valence-corrected chi connectivity index (χ2v) is 6.09. The van der Waals surface area contributed by atoms with Crippen LogP contribution in [0, 0.1) is 0 Å². The van der Waals surface area contributed by atoms with E-state index in [1.165, 1.54) is 31.5 Å². The van der Waals surface area contributed by atoms with Crippen molar-refractivity contribution in [1.29, 1.82) is 0 Å². The second kappa shape index (κ2) is 7.03. The van der Waals surface area contributed by atoms with Crippen molar-refractivity contribution in [1.82, 2.24) is 20.4 Å². The van der Waals surface area contributed by atoms with Gasteiger partial charge in [-0.15, -0.1) is 0 Å². The normalized spacial score (nSPS) is 17.0. The summed E-state index contributed by atoms with van der Waals surface area (Å²) in [5, 5.41) is 7.26. The van der Waals surface area contributed by atoms with E-state index in [4.69, 9.17) is 4.52 Å². The molecule has 3 rings (SSSR count). The van der Waals surface area contributed by atoms with Crippen molar-refractivity contribution in [2.24, 2.45) is 0 Å². The number of nitrogens with one attached hydrogen (secondary N) is 1. The number of rotatable bonds is 6. The van der Waals surface area contributed by atoms with Crippen LogP contribution >= 0.6 is 0 Å². The molecule has 0 saturated carbocycles. The quantitative estimate of drug-likeness (QED) is 0.888. The average Bonchev–Trinajstić information content (AvgIpc) is 3.19. The zero-order valence-corrected chi connectivity index (χ0v) is 13.4. The van der Waals surface area contributed by atoms with E-state index in [9.17, 15) is 0 Å². The van der Waals surface area contributed by atoms with Crippen LogP contribution in [0.4, 0.5) is 0 Å². The molecule has 1 aromatic heterocycles. The van der Waals surface area contributed by atoms with Crippen LogP contribution in [0.3, 0.4) is 0 Å². The fraction of sp³-hybridized carbons (Fsp3) is 0.529. The molecule has 0 radical (unpaired) electrons. The van der Waals surface area contributed by atoms with Crippen molar-refractivity contribution in [2.45, 2.75) is 38.8 Å². The third-order valence-electron chi connectivity index (χ3n) is 4.23. The average molecular weight is 300 g/mol. The maximum Gasteiger partial charge on any atom is 0.257 e. The third-order valence-corrected chi connectivity index (χ3v) is 4.23. The molecule has 1 unspecified atom stereocenters. The summed E-state index contributed by atoms with van der Waals surface area (Å²) < 4.78 is 5.42. The Balaban J connectivity index is 1.71. The molecule has 1 atom stereocenters. The molecule has 0 aliphatic carbocycles. The van der Waals surface area contributed by atoms with Crippen molar-refractivity contribution < 1.29 is 4.52 Å². The number of likely N-dealkylation sites (N-methyl/N-ethyl adjacent to an activating group) is 1. The van der Waals surface area contributed by atoms with Gasteiger partial charge in [-0.1, -0.05) is 17.3 Å². The Hall–Kier alpha value is -1.72. The lowest BCUT2D eigenvalue weighted by Crippen LogP contribution is -2.24. The van der Waals surface area contributed by atoms with Crippen molar-refractivity contribution in [3.8, 4) is 11.5 Å². The number of hydrogen-bond acceptors (Lipinski definition) is 5. The fourth-order valence-corrected chi connectivity index (χ4v) is 2.83. The van der Waals surface area contributed by atoms with E-state index in [0.29, 0.717) is 11.9 Å². The number of likely N-dealkylation sites (tertiary alicyclic amines) is 1. The Kier molecular flexibility index (Phi) is 4.85. The molecule has 1 aromatic carbocycles. The number of nitrogens with zero attached hydrogens (tertiary/aromatic N) is 3. The fourth-order valence-electron chi connectivity index (χ4n) is 2.83. The van der Waals surface area contributed by atoms with Gasteiger partial charge in [-0.2, -0.15) is 4.98 Å². The van der Waals surface area contributed by atoms with Gasteiger partial charge in [-0.05, 0) is 57.6 Å². The van der Waals surface area contributed by atoms with Gasteiger partial charge in [-0.3, -0.25) is 4.90 Å². The Morgan fingerprint density at radius 3 is 2.91 bits per heavy atom. The van der Waals surface area contributed by atoms with Gasteiger partial charge in [0.25, 0.3) is 5.89 Å². The predicted molar refractivity (Wildman–Crippen MR) is 86.5 cm³/mol. The van der Waals surface area contributed by atoms with Crippen LogP contribution in [0.5, 0.6) is 0 Å². The number of aromatic nitrogens is 2. The minimum absolute atomic E-state index is 0.340. The minimum atomic E-state index is 0.340. The van der Waals surface area contributed by atoms with Crippen molar-refractivity contribution in [2.75, 3.05) is 20.1 Å². The first-order chi connectivity index (χ1) is 10.7. The molecule has 0 bridgehead atoms. The van der Waals surface area contributed by atoms with Gasteiger partial charge in [-0.25, -0.2) is 0 Å². The number of benzene rings is 1. The summed E-state index contributed by atoms with van der Waals surface area (Å²) in [6.07, 6.45) is 3.40. The standard InChI is InChI=1S/C17H24N4O/c1-13(18-2)10-16-19-17(22-20-16)15-7-5-6-14(11-15)12-21-8-3-4-9-21/h5-7,11,13,18H,3-4,8-10,12H2,1-2H3. The molecule has 1 aliphatic rings. The molecule has 1 fully saturated rings. The number of hydrogen-bond donors (Lipinski definition) is 1. The van der Waals surface area contributed by atoms with Gasteiger partial charge >= 0.3 is 0 Å². The van der Waals surface area contributed by atoms with Crippen LogP contribution in [-0.2, 0) is 13.0 Å². The topological polar surface area (TPSA) is 54.2 Å². The van der Waals surface area contributed by atoms with Crippen LogP contribution in [0.2, 0.25) is 0 Å². The summed E-state index contributed by atoms with van der Waals surface area (Å²) in [4.78, 5) is 7.00. The summed E-state index contributed by atoms with van der Waals surface area (Å²) in [7, 11) is 1.94. The highest BCUT2D eigenvalue weighted by atomic mass is 16.5. The van der Waals surface area contributed by atoms with Crippen molar-refractivity contribution in [3.05, 3.63) is 35.7 Å². The highest BCUT2D eigenvalue weighted by Gasteiger charge is 2.14. The Morgan fingerprint density at radius 1 is 1.32 bits per heavy atom. The zero-order valence-electron chi connectivity index (χ0n) is 13.4. The summed E-state index contributed by atoms with van der Waals surface area (Å²) in [5.41, 5.74) is 2.32. The van der Waals surface area contributed by atoms with Crippen LogP contribution in [-0.4, -0.2) is 41.2 Å². The first-order valence-corrected chi connectivity index (χ1v) is 8.06. The molecular formula is C17H24N4O. The van der Waals surface area contributed by atoms with Crippen molar-refractivity contribution >= 4 is 0 Å². The summed E-state index contributed by atoms with van der Waals surface area (Å²) in [6.45, 7) is 5.52. The van der Waals surface area contributed by atoms with Gasteiger partial charge in [0.2, 0.25) is 0 Å². The maximum absolute atomic E-state index is 5.42. The maximum atomic E-state index is 5.42. The molecule has 0 amide bonds. The first-order valence-electron chi connectivity index (χ1n) is 8.06. The summed E-state index contributed by atoms with van der Waals surface area (Å²) >= 11 is 0. The molecule has 1 N–H and O–H groups in total. The van der Waals surface area contributed by atoms with E-state index >= 15 is 0 Å². The smallest absolute Gasteiger partial charge is 0.257 e. The van der Waals surface area contributed by atoms with Crippen LogP contribution < -0.4 is 5.32 Å². The molecule has 0 spiro atoms. The van der Waals surface area contributed by atoms with Crippen LogP contribution in [0.15, 0.2) is 28.8 Å². The largest absolute Gasteiger partial charge is 0.334 e. The lowest BCUT2D eigenvalue weighted by atomic mass is 10.1. The predicted octanol–water partition coefficient (Wildman–Crippen LogP) is 2.48.